The minimum atomic E-state index is -0.833. The van der Waals surface area contributed by atoms with E-state index in [0.717, 1.165) is 13.0 Å². The highest BCUT2D eigenvalue weighted by atomic mass is 16.4. The van der Waals surface area contributed by atoms with E-state index >= 15 is 0 Å². The predicted octanol–water partition coefficient (Wildman–Crippen LogP) is 1.58. The van der Waals surface area contributed by atoms with Crippen molar-refractivity contribution in [2.45, 2.75) is 39.2 Å². The number of likely N-dealkylation sites (tertiary alicyclic amines) is 1. The van der Waals surface area contributed by atoms with E-state index in [2.05, 4.69) is 18.9 Å². The van der Waals surface area contributed by atoms with Crippen molar-refractivity contribution >= 4 is 5.97 Å². The number of hydrogen-bond donors (Lipinski definition) is 1. The highest BCUT2D eigenvalue weighted by Gasteiger charge is 2.12. The topological polar surface area (TPSA) is 40.5 Å². The summed E-state index contributed by atoms with van der Waals surface area (Å²) in [5.74, 6) is -0.833. The van der Waals surface area contributed by atoms with E-state index in [1.807, 2.05) is 0 Å². The van der Waals surface area contributed by atoms with Gasteiger partial charge in [-0.05, 0) is 33.4 Å². The van der Waals surface area contributed by atoms with Gasteiger partial charge in [0.2, 0.25) is 0 Å². The first-order valence-corrected chi connectivity index (χ1v) is 4.43. The number of aliphatic carboxylic acids is 1. The molecule has 1 N–H and O–H groups in total. The second-order valence-electron chi connectivity index (χ2n) is 3.34. The number of carboxylic acid groups (broad SMARTS) is 1. The van der Waals surface area contributed by atoms with E-state index in [1.165, 1.54) is 25.8 Å². The monoisotopic (exact) mass is 173 g/mol. The first-order valence-electron chi connectivity index (χ1n) is 4.43. The smallest absolute Gasteiger partial charge is 0.300 e. The van der Waals surface area contributed by atoms with Crippen molar-refractivity contribution in [1.82, 2.24) is 4.90 Å². The van der Waals surface area contributed by atoms with Crippen LogP contribution in [0.1, 0.15) is 33.1 Å². The molecule has 0 amide bonds. The Hall–Kier alpha value is -0.570. The van der Waals surface area contributed by atoms with Gasteiger partial charge in [0.05, 0.1) is 0 Å². The van der Waals surface area contributed by atoms with E-state index in [-0.39, 0.29) is 0 Å². The Morgan fingerprint density at radius 3 is 2.25 bits per heavy atom. The van der Waals surface area contributed by atoms with Gasteiger partial charge in [-0.2, -0.15) is 0 Å². The molecule has 0 spiro atoms. The summed E-state index contributed by atoms with van der Waals surface area (Å²) in [6.45, 7) is 4.69. The van der Waals surface area contributed by atoms with Crippen LogP contribution in [0.15, 0.2) is 0 Å². The molecule has 1 aliphatic rings. The third kappa shape index (κ3) is 6.16. The zero-order valence-electron chi connectivity index (χ0n) is 8.21. The summed E-state index contributed by atoms with van der Waals surface area (Å²) in [5.41, 5.74) is 0. The summed E-state index contributed by atoms with van der Waals surface area (Å²) in [7, 11) is 2.21. The first-order chi connectivity index (χ1) is 5.54. The molecular formula is C9H19NO2. The minimum absolute atomic E-state index is 0.833. The van der Waals surface area contributed by atoms with Gasteiger partial charge in [0.15, 0.2) is 0 Å². The maximum Gasteiger partial charge on any atom is 0.300 e. The van der Waals surface area contributed by atoms with Gasteiger partial charge in [0, 0.05) is 13.0 Å². The summed E-state index contributed by atoms with van der Waals surface area (Å²) >= 11 is 0. The maximum absolute atomic E-state index is 9.00. The average molecular weight is 173 g/mol. The minimum Gasteiger partial charge on any atom is -0.481 e. The third-order valence-corrected chi connectivity index (χ3v) is 2.14. The number of carbonyl (C=O) groups is 1. The fourth-order valence-corrected chi connectivity index (χ4v) is 1.24. The Morgan fingerprint density at radius 1 is 1.50 bits per heavy atom. The van der Waals surface area contributed by atoms with Gasteiger partial charge >= 0.3 is 0 Å². The lowest BCUT2D eigenvalue weighted by atomic mass is 10.1. The zero-order chi connectivity index (χ0) is 9.56. The predicted molar refractivity (Wildman–Crippen MR) is 49.3 cm³/mol. The molecular weight excluding hydrogens is 154 g/mol. The Balaban J connectivity index is 0.000000261. The van der Waals surface area contributed by atoms with Crippen LogP contribution in [-0.2, 0) is 4.79 Å². The summed E-state index contributed by atoms with van der Waals surface area (Å²) in [6.07, 6.45) is 4.24. The van der Waals surface area contributed by atoms with Crippen LogP contribution in [0.2, 0.25) is 0 Å². The van der Waals surface area contributed by atoms with Crippen molar-refractivity contribution < 1.29 is 9.90 Å². The molecule has 0 aliphatic carbocycles. The Morgan fingerprint density at radius 2 is 2.00 bits per heavy atom. The Labute approximate surface area is 74.4 Å². The van der Waals surface area contributed by atoms with E-state index < -0.39 is 5.97 Å². The first kappa shape index (κ1) is 11.4. The van der Waals surface area contributed by atoms with Crippen molar-refractivity contribution in [3.8, 4) is 0 Å². The highest BCUT2D eigenvalue weighted by Crippen LogP contribution is 2.13. The largest absolute Gasteiger partial charge is 0.481 e. The zero-order valence-corrected chi connectivity index (χ0v) is 8.21. The van der Waals surface area contributed by atoms with Crippen LogP contribution < -0.4 is 0 Å². The number of hydrogen-bond acceptors (Lipinski definition) is 2. The molecule has 1 saturated heterocycles. The molecule has 3 heteroatoms. The van der Waals surface area contributed by atoms with E-state index in [9.17, 15) is 0 Å². The van der Waals surface area contributed by atoms with Crippen LogP contribution >= 0.6 is 0 Å². The molecule has 12 heavy (non-hydrogen) atoms. The summed E-state index contributed by atoms with van der Waals surface area (Å²) in [5, 5.41) is 7.42. The second kappa shape index (κ2) is 6.00. The standard InChI is InChI=1S/C7H15N.C2H4O2/c1-7-5-3-4-6-8(7)2;1-2(3)4/h7H,3-6H2,1-2H3;1H3,(H,3,4). The fourth-order valence-electron chi connectivity index (χ4n) is 1.24. The molecule has 1 unspecified atom stereocenters. The Bertz CT molecular complexity index is 122. The lowest BCUT2D eigenvalue weighted by molar-refractivity contribution is -0.134. The molecule has 0 aromatic carbocycles. The summed E-state index contributed by atoms with van der Waals surface area (Å²) < 4.78 is 0. The van der Waals surface area contributed by atoms with E-state index in [4.69, 9.17) is 9.90 Å². The summed E-state index contributed by atoms with van der Waals surface area (Å²) in [4.78, 5) is 11.4. The van der Waals surface area contributed by atoms with Crippen LogP contribution in [-0.4, -0.2) is 35.6 Å². The quantitative estimate of drug-likeness (QED) is 0.604. The molecule has 1 rings (SSSR count). The number of nitrogens with zero attached hydrogens (tertiary/aromatic N) is 1. The number of rotatable bonds is 0. The normalized spacial score (nSPS) is 24.1. The van der Waals surface area contributed by atoms with Crippen molar-refractivity contribution in [3.05, 3.63) is 0 Å². The van der Waals surface area contributed by atoms with Crippen molar-refractivity contribution in [1.29, 1.82) is 0 Å². The SMILES string of the molecule is CC(=O)O.CC1CCCCN1C. The van der Waals surface area contributed by atoms with Crippen LogP contribution in [0, 0.1) is 0 Å². The Kier molecular flexibility index (Phi) is 5.72. The van der Waals surface area contributed by atoms with E-state index in [1.54, 1.807) is 0 Å². The number of piperidine rings is 1. The molecule has 0 bridgehead atoms. The fraction of sp³-hybridized carbons (Fsp3) is 0.889. The molecule has 3 nitrogen and oxygen atoms in total. The van der Waals surface area contributed by atoms with Gasteiger partial charge in [-0.3, -0.25) is 4.79 Å². The number of carboxylic acids is 1. The van der Waals surface area contributed by atoms with Crippen LogP contribution in [0.4, 0.5) is 0 Å². The lowest BCUT2D eigenvalue weighted by Crippen LogP contribution is -2.33. The molecule has 0 aromatic rings. The maximum atomic E-state index is 9.00. The van der Waals surface area contributed by atoms with Crippen molar-refractivity contribution in [3.63, 3.8) is 0 Å². The van der Waals surface area contributed by atoms with Gasteiger partial charge < -0.3 is 10.0 Å². The molecule has 1 heterocycles. The van der Waals surface area contributed by atoms with Crippen LogP contribution in [0.25, 0.3) is 0 Å². The molecule has 0 aromatic heterocycles. The van der Waals surface area contributed by atoms with Crippen molar-refractivity contribution in [2.24, 2.45) is 0 Å². The lowest BCUT2D eigenvalue weighted by Gasteiger charge is -2.29. The highest BCUT2D eigenvalue weighted by molar-refractivity contribution is 5.62. The summed E-state index contributed by atoms with van der Waals surface area (Å²) in [6, 6.07) is 0.837. The van der Waals surface area contributed by atoms with Gasteiger partial charge in [-0.1, -0.05) is 6.42 Å². The van der Waals surface area contributed by atoms with Gasteiger partial charge in [0.25, 0.3) is 5.97 Å². The van der Waals surface area contributed by atoms with Crippen molar-refractivity contribution in [2.75, 3.05) is 13.6 Å². The molecule has 1 atom stereocenters. The second-order valence-corrected chi connectivity index (χ2v) is 3.34. The molecule has 0 radical (unpaired) electrons. The van der Waals surface area contributed by atoms with Crippen LogP contribution in [0.5, 0.6) is 0 Å². The molecule has 1 aliphatic heterocycles. The van der Waals surface area contributed by atoms with Gasteiger partial charge in [-0.25, -0.2) is 0 Å². The molecule has 72 valence electrons. The van der Waals surface area contributed by atoms with Gasteiger partial charge in [-0.15, -0.1) is 0 Å². The molecule has 0 saturated carbocycles. The average Bonchev–Trinajstić information content (AvgIpc) is 1.94. The van der Waals surface area contributed by atoms with Crippen LogP contribution in [0.3, 0.4) is 0 Å². The van der Waals surface area contributed by atoms with E-state index in [0.29, 0.717) is 0 Å². The molecule has 1 fully saturated rings. The third-order valence-electron chi connectivity index (χ3n) is 2.14. The van der Waals surface area contributed by atoms with Gasteiger partial charge in [0.1, 0.15) is 0 Å².